The number of ether oxygens (including phenoxy) is 1. The van der Waals surface area contributed by atoms with E-state index in [-0.39, 0.29) is 11.9 Å². The summed E-state index contributed by atoms with van der Waals surface area (Å²) in [5, 5.41) is 3.11. The third-order valence-corrected chi connectivity index (χ3v) is 5.90. The number of benzene rings is 2. The van der Waals surface area contributed by atoms with E-state index >= 15 is 0 Å². The second-order valence-electron chi connectivity index (χ2n) is 7.57. The largest absolute Gasteiger partial charge is 0.493 e. The van der Waals surface area contributed by atoms with E-state index in [0.717, 1.165) is 36.3 Å². The summed E-state index contributed by atoms with van der Waals surface area (Å²) >= 11 is 0. The van der Waals surface area contributed by atoms with Crippen molar-refractivity contribution >= 4 is 5.91 Å². The number of hydrogen-bond donors (Lipinski definition) is 1. The molecule has 1 aliphatic heterocycles. The van der Waals surface area contributed by atoms with E-state index in [1.807, 2.05) is 24.3 Å². The van der Waals surface area contributed by atoms with Crippen LogP contribution in [0.2, 0.25) is 0 Å². The number of alkyl halides is 3. The highest BCUT2D eigenvalue weighted by Gasteiger charge is 2.44. The molecule has 2 aliphatic rings. The zero-order valence-electron chi connectivity index (χ0n) is 15.4. The van der Waals surface area contributed by atoms with Gasteiger partial charge in [0.1, 0.15) is 5.75 Å². The Morgan fingerprint density at radius 1 is 1.07 bits per heavy atom. The molecule has 1 heterocycles. The first kappa shape index (κ1) is 18.8. The van der Waals surface area contributed by atoms with Gasteiger partial charge < -0.3 is 10.1 Å². The Labute approximate surface area is 161 Å². The molecule has 1 saturated carbocycles. The van der Waals surface area contributed by atoms with Gasteiger partial charge in [-0.15, -0.1) is 0 Å². The SMILES string of the molecule is O=C(N[C@H]1CCOc2ccccc21)C1(c2cccc(C(F)(F)F)c2)CCCC1. The Morgan fingerprint density at radius 3 is 2.57 bits per heavy atom. The molecule has 3 nitrogen and oxygen atoms in total. The first-order chi connectivity index (χ1) is 13.4. The van der Waals surface area contributed by atoms with Crippen LogP contribution in [-0.4, -0.2) is 12.5 Å². The Kier molecular flexibility index (Phi) is 4.81. The standard InChI is InChI=1S/C22H22F3NO2/c23-22(24,25)16-7-5-6-15(14-16)21(11-3-4-12-21)20(27)26-18-10-13-28-19-9-2-1-8-17(18)19/h1-2,5-9,14,18H,3-4,10-13H2,(H,26,27)/t18-/m0/s1. The van der Waals surface area contributed by atoms with Crippen LogP contribution in [0, 0.1) is 0 Å². The highest BCUT2D eigenvalue weighted by atomic mass is 19.4. The molecular formula is C22H22F3NO2. The topological polar surface area (TPSA) is 38.3 Å². The molecule has 1 atom stereocenters. The number of hydrogen-bond acceptors (Lipinski definition) is 2. The molecule has 0 unspecified atom stereocenters. The van der Waals surface area contributed by atoms with Crippen LogP contribution in [0.5, 0.6) is 5.75 Å². The van der Waals surface area contributed by atoms with Crippen LogP contribution in [0.4, 0.5) is 13.2 Å². The summed E-state index contributed by atoms with van der Waals surface area (Å²) in [5.74, 6) is 0.560. The minimum absolute atomic E-state index is 0.189. The Bertz CT molecular complexity index is 872. The van der Waals surface area contributed by atoms with Crippen molar-refractivity contribution in [3.05, 3.63) is 65.2 Å². The van der Waals surface area contributed by atoms with E-state index in [1.54, 1.807) is 6.07 Å². The predicted octanol–water partition coefficient (Wildman–Crippen LogP) is 5.16. The van der Waals surface area contributed by atoms with Crippen LogP contribution >= 0.6 is 0 Å². The van der Waals surface area contributed by atoms with E-state index in [1.165, 1.54) is 6.07 Å². The maximum atomic E-state index is 13.4. The molecule has 4 rings (SSSR count). The summed E-state index contributed by atoms with van der Waals surface area (Å²) in [6.45, 7) is 0.499. The number of para-hydroxylation sites is 1. The zero-order chi connectivity index (χ0) is 19.8. The van der Waals surface area contributed by atoms with Gasteiger partial charge in [0.05, 0.1) is 23.6 Å². The number of carbonyl (C=O) groups excluding carboxylic acids is 1. The van der Waals surface area contributed by atoms with Gasteiger partial charge in [-0.05, 0) is 30.5 Å². The van der Waals surface area contributed by atoms with Crippen molar-refractivity contribution in [2.75, 3.05) is 6.61 Å². The van der Waals surface area contributed by atoms with Crippen LogP contribution in [0.1, 0.15) is 54.8 Å². The molecule has 1 aliphatic carbocycles. The van der Waals surface area contributed by atoms with E-state index in [0.29, 0.717) is 31.4 Å². The Hall–Kier alpha value is -2.50. The average Bonchev–Trinajstić information content (AvgIpc) is 3.19. The first-order valence-electron chi connectivity index (χ1n) is 9.61. The average molecular weight is 389 g/mol. The fraction of sp³-hybridized carbons (Fsp3) is 0.409. The van der Waals surface area contributed by atoms with Gasteiger partial charge in [0.25, 0.3) is 0 Å². The lowest BCUT2D eigenvalue weighted by atomic mass is 9.77. The van der Waals surface area contributed by atoms with Gasteiger partial charge in [-0.1, -0.05) is 49.2 Å². The normalized spacial score (nSPS) is 20.9. The van der Waals surface area contributed by atoms with Crippen LogP contribution in [0.3, 0.4) is 0 Å². The number of halogens is 3. The van der Waals surface area contributed by atoms with Crippen LogP contribution < -0.4 is 10.1 Å². The third kappa shape index (κ3) is 3.36. The molecule has 0 bridgehead atoms. The maximum Gasteiger partial charge on any atom is 0.416 e. The molecule has 6 heteroatoms. The van der Waals surface area contributed by atoms with Crippen molar-refractivity contribution in [2.24, 2.45) is 0 Å². The maximum absolute atomic E-state index is 13.4. The molecular weight excluding hydrogens is 367 g/mol. The molecule has 2 aromatic rings. The summed E-state index contributed by atoms with van der Waals surface area (Å²) in [6.07, 6.45) is -1.01. The highest BCUT2D eigenvalue weighted by molar-refractivity contribution is 5.89. The quantitative estimate of drug-likeness (QED) is 0.788. The highest BCUT2D eigenvalue weighted by Crippen LogP contribution is 2.44. The smallest absolute Gasteiger partial charge is 0.416 e. The summed E-state index contributed by atoms with van der Waals surface area (Å²) in [6, 6.07) is 12.6. The second kappa shape index (κ2) is 7.15. The summed E-state index contributed by atoms with van der Waals surface area (Å²) in [5.41, 5.74) is -0.244. The number of nitrogens with one attached hydrogen (secondary N) is 1. The van der Waals surface area contributed by atoms with Gasteiger partial charge in [-0.3, -0.25) is 4.79 Å². The summed E-state index contributed by atoms with van der Waals surface area (Å²) in [4.78, 5) is 13.4. The van der Waals surface area contributed by atoms with Crippen molar-refractivity contribution in [3.8, 4) is 5.75 Å². The Balaban J connectivity index is 1.65. The Morgan fingerprint density at radius 2 is 1.82 bits per heavy atom. The van der Waals surface area contributed by atoms with Crippen molar-refractivity contribution in [1.29, 1.82) is 0 Å². The lowest BCUT2D eigenvalue weighted by Gasteiger charge is -2.33. The van der Waals surface area contributed by atoms with Crippen LogP contribution in [-0.2, 0) is 16.4 Å². The number of carbonyl (C=O) groups is 1. The van der Waals surface area contributed by atoms with Gasteiger partial charge in [0, 0.05) is 12.0 Å². The fourth-order valence-electron chi connectivity index (χ4n) is 4.41. The molecule has 28 heavy (non-hydrogen) atoms. The molecule has 0 saturated heterocycles. The van der Waals surface area contributed by atoms with Crippen molar-refractivity contribution in [3.63, 3.8) is 0 Å². The molecule has 2 aromatic carbocycles. The summed E-state index contributed by atoms with van der Waals surface area (Å²) < 4.78 is 45.3. The predicted molar refractivity (Wildman–Crippen MR) is 99.0 cm³/mol. The molecule has 0 spiro atoms. The van der Waals surface area contributed by atoms with E-state index in [4.69, 9.17) is 4.74 Å². The van der Waals surface area contributed by atoms with Crippen molar-refractivity contribution < 1.29 is 22.7 Å². The van der Waals surface area contributed by atoms with Gasteiger partial charge in [0.15, 0.2) is 0 Å². The number of amides is 1. The van der Waals surface area contributed by atoms with Crippen molar-refractivity contribution in [1.82, 2.24) is 5.32 Å². The molecule has 0 aromatic heterocycles. The molecule has 0 radical (unpaired) electrons. The van der Waals surface area contributed by atoms with Gasteiger partial charge in [0.2, 0.25) is 5.91 Å². The summed E-state index contributed by atoms with van der Waals surface area (Å²) in [7, 11) is 0. The fourth-order valence-corrected chi connectivity index (χ4v) is 4.41. The van der Waals surface area contributed by atoms with E-state index in [9.17, 15) is 18.0 Å². The van der Waals surface area contributed by atoms with E-state index < -0.39 is 17.2 Å². The monoisotopic (exact) mass is 389 g/mol. The molecule has 1 amide bonds. The van der Waals surface area contributed by atoms with Crippen molar-refractivity contribution in [2.45, 2.75) is 49.7 Å². The lowest BCUT2D eigenvalue weighted by molar-refractivity contribution is -0.138. The first-order valence-corrected chi connectivity index (χ1v) is 9.61. The second-order valence-corrected chi connectivity index (χ2v) is 7.57. The zero-order valence-corrected chi connectivity index (χ0v) is 15.4. The van der Waals surface area contributed by atoms with Crippen LogP contribution in [0.15, 0.2) is 48.5 Å². The number of rotatable bonds is 3. The van der Waals surface area contributed by atoms with Gasteiger partial charge in [-0.25, -0.2) is 0 Å². The van der Waals surface area contributed by atoms with Gasteiger partial charge in [-0.2, -0.15) is 13.2 Å². The molecule has 148 valence electrons. The minimum atomic E-state index is -4.42. The molecule has 1 fully saturated rings. The lowest BCUT2D eigenvalue weighted by Crippen LogP contribution is -2.45. The van der Waals surface area contributed by atoms with E-state index in [2.05, 4.69) is 5.32 Å². The third-order valence-electron chi connectivity index (χ3n) is 5.90. The molecule has 1 N–H and O–H groups in total. The number of fused-ring (bicyclic) bond motifs is 1. The van der Waals surface area contributed by atoms with Crippen LogP contribution in [0.25, 0.3) is 0 Å². The van der Waals surface area contributed by atoms with Gasteiger partial charge >= 0.3 is 6.18 Å². The minimum Gasteiger partial charge on any atom is -0.493 e.